The van der Waals surface area contributed by atoms with Gasteiger partial charge in [-0.3, -0.25) is 19.0 Å². The van der Waals surface area contributed by atoms with E-state index in [0.29, 0.717) is 29.4 Å². The van der Waals surface area contributed by atoms with Crippen molar-refractivity contribution in [1.82, 2.24) is 4.57 Å². The van der Waals surface area contributed by atoms with Crippen LogP contribution in [0, 0.1) is 11.7 Å². The third-order valence-corrected chi connectivity index (χ3v) is 6.73. The molecule has 36 heavy (non-hydrogen) atoms. The highest BCUT2D eigenvalue weighted by molar-refractivity contribution is 6.30. The molecule has 2 heterocycles. The van der Waals surface area contributed by atoms with Crippen LogP contribution in [0.2, 0.25) is 5.02 Å². The number of carbonyl (C=O) groups is 2. The standard InChI is InChI=1S/C27H27ClFN3O4/c1-3-15-9-16-5-6-17(28)10-20(16)21-12-25(33)32(13-24(21)36-14-15)23(4-2)27(35)31-18-7-8-19(26(30)34)22(29)11-18/h5-8,10-13,15,23H,3-4,9,14H2,1-2H3,(H2,30,34)(H,31,35)/t15-,23+/m1/s1. The van der Waals surface area contributed by atoms with Crippen molar-refractivity contribution in [3.8, 4) is 16.9 Å². The van der Waals surface area contributed by atoms with Crippen LogP contribution < -0.4 is 21.3 Å². The molecule has 1 aliphatic rings. The molecule has 9 heteroatoms. The first kappa shape index (κ1) is 25.4. The summed E-state index contributed by atoms with van der Waals surface area (Å²) >= 11 is 6.28. The van der Waals surface area contributed by atoms with E-state index < -0.39 is 23.7 Å². The minimum atomic E-state index is -0.905. The van der Waals surface area contributed by atoms with E-state index in [-0.39, 0.29) is 22.7 Å². The van der Waals surface area contributed by atoms with E-state index in [9.17, 15) is 18.8 Å². The summed E-state index contributed by atoms with van der Waals surface area (Å²) in [6.45, 7) is 4.34. The monoisotopic (exact) mass is 511 g/mol. The smallest absolute Gasteiger partial charge is 0.252 e. The second kappa shape index (κ2) is 10.5. The van der Waals surface area contributed by atoms with Crippen molar-refractivity contribution in [3.05, 3.63) is 81.0 Å². The molecule has 7 nitrogen and oxygen atoms in total. The lowest BCUT2D eigenvalue weighted by Gasteiger charge is -2.26. The Hall–Kier alpha value is -3.65. The molecule has 3 N–H and O–H groups in total. The van der Waals surface area contributed by atoms with E-state index in [2.05, 4.69) is 12.2 Å². The van der Waals surface area contributed by atoms with Crippen LogP contribution in [0.4, 0.5) is 10.1 Å². The molecule has 2 aromatic carbocycles. The molecule has 1 aromatic heterocycles. The summed E-state index contributed by atoms with van der Waals surface area (Å²) in [4.78, 5) is 37.6. The van der Waals surface area contributed by atoms with Gasteiger partial charge < -0.3 is 15.8 Å². The van der Waals surface area contributed by atoms with Gasteiger partial charge in [-0.15, -0.1) is 0 Å². The molecule has 4 rings (SSSR count). The number of aromatic nitrogens is 1. The van der Waals surface area contributed by atoms with Crippen LogP contribution in [-0.2, 0) is 11.2 Å². The third-order valence-electron chi connectivity index (χ3n) is 6.49. The second-order valence-electron chi connectivity index (χ2n) is 8.86. The number of pyridine rings is 1. The van der Waals surface area contributed by atoms with Gasteiger partial charge in [0.25, 0.3) is 11.5 Å². The number of hydrogen-bond donors (Lipinski definition) is 2. The minimum absolute atomic E-state index is 0.144. The molecular weight excluding hydrogens is 485 g/mol. The zero-order valence-electron chi connectivity index (χ0n) is 20.0. The molecule has 0 aliphatic carbocycles. The molecule has 188 valence electrons. The summed E-state index contributed by atoms with van der Waals surface area (Å²) in [7, 11) is 0. The van der Waals surface area contributed by atoms with E-state index in [0.717, 1.165) is 30.0 Å². The Bertz CT molecular complexity index is 1390. The van der Waals surface area contributed by atoms with Crippen molar-refractivity contribution < 1.29 is 18.7 Å². The Labute approximate surface area is 213 Å². The van der Waals surface area contributed by atoms with Crippen molar-refractivity contribution in [2.75, 3.05) is 11.9 Å². The van der Waals surface area contributed by atoms with Crippen molar-refractivity contribution in [1.29, 1.82) is 0 Å². The fraction of sp³-hybridized carbons (Fsp3) is 0.296. The molecule has 0 fully saturated rings. The van der Waals surface area contributed by atoms with Crippen LogP contribution in [0.1, 0.15) is 48.7 Å². The second-order valence-corrected chi connectivity index (χ2v) is 9.30. The summed E-state index contributed by atoms with van der Waals surface area (Å²) in [5.41, 5.74) is 7.17. The molecule has 3 aromatic rings. The topological polar surface area (TPSA) is 103 Å². The number of halogens is 2. The van der Waals surface area contributed by atoms with Crippen LogP contribution >= 0.6 is 11.6 Å². The first-order valence-electron chi connectivity index (χ1n) is 11.8. The van der Waals surface area contributed by atoms with Gasteiger partial charge in [0.15, 0.2) is 0 Å². The number of nitrogens with zero attached hydrogens (tertiary/aromatic N) is 1. The average molecular weight is 512 g/mol. The van der Waals surface area contributed by atoms with Gasteiger partial charge >= 0.3 is 0 Å². The van der Waals surface area contributed by atoms with Crippen molar-refractivity contribution in [3.63, 3.8) is 0 Å². The van der Waals surface area contributed by atoms with Gasteiger partial charge in [-0.1, -0.05) is 31.5 Å². The van der Waals surface area contributed by atoms with Gasteiger partial charge in [0, 0.05) is 22.3 Å². The van der Waals surface area contributed by atoms with Gasteiger partial charge in [-0.25, -0.2) is 4.39 Å². The van der Waals surface area contributed by atoms with Crippen LogP contribution in [0.5, 0.6) is 5.75 Å². The molecule has 0 saturated carbocycles. The normalized spacial score (nSPS) is 15.5. The quantitative estimate of drug-likeness (QED) is 0.488. The number of benzene rings is 2. The maximum Gasteiger partial charge on any atom is 0.252 e. The molecule has 2 atom stereocenters. The lowest BCUT2D eigenvalue weighted by molar-refractivity contribution is -0.119. The lowest BCUT2D eigenvalue weighted by Crippen LogP contribution is -2.33. The first-order valence-corrected chi connectivity index (χ1v) is 12.2. The molecule has 0 spiro atoms. The van der Waals surface area contributed by atoms with E-state index >= 15 is 0 Å². The van der Waals surface area contributed by atoms with E-state index in [4.69, 9.17) is 22.1 Å². The van der Waals surface area contributed by atoms with Gasteiger partial charge in [0.05, 0.1) is 18.4 Å². The number of rotatable bonds is 6. The molecular formula is C27H27ClFN3O4. The number of primary amides is 1. The third kappa shape index (κ3) is 5.14. The van der Waals surface area contributed by atoms with Gasteiger partial charge in [-0.2, -0.15) is 0 Å². The van der Waals surface area contributed by atoms with E-state index in [1.807, 2.05) is 18.2 Å². The number of hydrogen-bond acceptors (Lipinski definition) is 4. The fourth-order valence-electron chi connectivity index (χ4n) is 4.44. The predicted octanol–water partition coefficient (Wildman–Crippen LogP) is 4.96. The largest absolute Gasteiger partial charge is 0.491 e. The number of fused-ring (bicyclic) bond motifs is 3. The molecule has 2 amide bonds. The minimum Gasteiger partial charge on any atom is -0.491 e. The molecule has 0 unspecified atom stereocenters. The highest BCUT2D eigenvalue weighted by Crippen LogP contribution is 2.37. The molecule has 0 bridgehead atoms. The fourth-order valence-corrected chi connectivity index (χ4v) is 4.61. The lowest BCUT2D eigenvalue weighted by atomic mass is 9.90. The van der Waals surface area contributed by atoms with E-state index in [1.54, 1.807) is 13.1 Å². The number of ether oxygens (including phenoxy) is 1. The summed E-state index contributed by atoms with van der Waals surface area (Å²) in [6.07, 6.45) is 3.58. The van der Waals surface area contributed by atoms with Gasteiger partial charge in [0.1, 0.15) is 17.6 Å². The maximum atomic E-state index is 14.2. The SMILES string of the molecule is CC[C@H]1COc2cn([C@@H](CC)C(=O)Nc3ccc(C(N)=O)c(F)c3)c(=O)cc2-c2cc(Cl)ccc2C1. The summed E-state index contributed by atoms with van der Waals surface area (Å²) in [5.74, 6) is -1.49. The number of nitrogens with two attached hydrogens (primary N) is 1. The van der Waals surface area contributed by atoms with Crippen molar-refractivity contribution >= 4 is 29.1 Å². The Balaban J connectivity index is 1.71. The summed E-state index contributed by atoms with van der Waals surface area (Å²) in [6, 6.07) is 9.83. The van der Waals surface area contributed by atoms with Crippen LogP contribution in [-0.4, -0.2) is 23.0 Å². The Morgan fingerprint density at radius 2 is 1.97 bits per heavy atom. The Morgan fingerprint density at radius 1 is 1.19 bits per heavy atom. The zero-order valence-corrected chi connectivity index (χ0v) is 20.8. The van der Waals surface area contributed by atoms with Crippen molar-refractivity contribution in [2.45, 2.75) is 39.2 Å². The Morgan fingerprint density at radius 3 is 2.64 bits per heavy atom. The molecule has 0 saturated heterocycles. The predicted molar refractivity (Wildman–Crippen MR) is 137 cm³/mol. The molecule has 0 radical (unpaired) electrons. The zero-order chi connectivity index (χ0) is 26.0. The molecule has 1 aliphatic heterocycles. The number of carbonyl (C=O) groups excluding carboxylic acids is 2. The van der Waals surface area contributed by atoms with Gasteiger partial charge in [-0.05, 0) is 66.6 Å². The number of amides is 2. The average Bonchev–Trinajstić information content (AvgIpc) is 2.83. The highest BCUT2D eigenvalue weighted by Gasteiger charge is 2.25. The number of nitrogens with one attached hydrogen (secondary N) is 1. The summed E-state index contributed by atoms with van der Waals surface area (Å²) in [5, 5.41) is 3.17. The summed E-state index contributed by atoms with van der Waals surface area (Å²) < 4.78 is 21.6. The van der Waals surface area contributed by atoms with Crippen LogP contribution in [0.15, 0.2) is 53.5 Å². The van der Waals surface area contributed by atoms with Crippen LogP contribution in [0.25, 0.3) is 11.1 Å². The Kier molecular flexibility index (Phi) is 7.45. The van der Waals surface area contributed by atoms with Gasteiger partial charge in [0.2, 0.25) is 5.91 Å². The van der Waals surface area contributed by atoms with E-state index in [1.165, 1.54) is 22.8 Å². The van der Waals surface area contributed by atoms with Crippen LogP contribution in [0.3, 0.4) is 0 Å². The van der Waals surface area contributed by atoms with Crippen molar-refractivity contribution in [2.24, 2.45) is 11.7 Å². The highest BCUT2D eigenvalue weighted by atomic mass is 35.5. The maximum absolute atomic E-state index is 14.2. The number of anilines is 1. The first-order chi connectivity index (χ1) is 17.2.